The molecule has 0 radical (unpaired) electrons. The lowest BCUT2D eigenvalue weighted by molar-refractivity contribution is -0.188. The van der Waals surface area contributed by atoms with Crippen LogP contribution in [0.15, 0.2) is 4.99 Å². The highest BCUT2D eigenvalue weighted by Gasteiger charge is 2.58. The molecule has 4 atom stereocenters. The average Bonchev–Trinajstić information content (AvgIpc) is 2.42. The summed E-state index contributed by atoms with van der Waals surface area (Å²) in [6.45, 7) is 9.90. The van der Waals surface area contributed by atoms with E-state index in [1.54, 1.807) is 0 Å². The average molecular weight is 395 g/mol. The van der Waals surface area contributed by atoms with Crippen LogP contribution in [-0.2, 0) is 4.74 Å². The van der Waals surface area contributed by atoms with E-state index in [0.29, 0.717) is 24.1 Å². The molecule has 2 aliphatic rings. The van der Waals surface area contributed by atoms with E-state index in [0.717, 1.165) is 19.0 Å². The molecule has 1 saturated carbocycles. The molecule has 0 spiro atoms. The van der Waals surface area contributed by atoms with Crippen molar-refractivity contribution in [1.29, 1.82) is 0 Å². The predicted octanol–water partition coefficient (Wildman–Crippen LogP) is 2.77. The molecular weight excluding hydrogens is 365 g/mol. The van der Waals surface area contributed by atoms with E-state index in [9.17, 15) is 0 Å². The van der Waals surface area contributed by atoms with E-state index < -0.39 is 0 Å². The molecule has 20 heavy (non-hydrogen) atoms. The van der Waals surface area contributed by atoms with Crippen molar-refractivity contribution in [3.8, 4) is 0 Å². The molecule has 5 heteroatoms. The Morgan fingerprint density at radius 2 is 2.15 bits per heavy atom. The summed E-state index contributed by atoms with van der Waals surface area (Å²) >= 11 is 0. The van der Waals surface area contributed by atoms with Crippen molar-refractivity contribution in [2.75, 3.05) is 13.7 Å². The number of hydrogen-bond donors (Lipinski definition) is 2. The Morgan fingerprint density at radius 1 is 1.45 bits per heavy atom. The second kappa shape index (κ2) is 7.29. The molecular formula is C15H30IN3O. The smallest absolute Gasteiger partial charge is 0.191 e. The van der Waals surface area contributed by atoms with Gasteiger partial charge < -0.3 is 15.4 Å². The minimum absolute atomic E-state index is 0. The van der Waals surface area contributed by atoms with Gasteiger partial charge in [-0.2, -0.15) is 0 Å². The summed E-state index contributed by atoms with van der Waals surface area (Å²) in [7, 11) is 1.85. The van der Waals surface area contributed by atoms with Gasteiger partial charge in [0.15, 0.2) is 5.96 Å². The van der Waals surface area contributed by atoms with Gasteiger partial charge in [0.2, 0.25) is 0 Å². The summed E-state index contributed by atoms with van der Waals surface area (Å²) in [6.07, 6.45) is 3.98. The number of hydrogen-bond acceptors (Lipinski definition) is 2. The number of fused-ring (bicyclic) bond motifs is 1. The third-order valence-electron chi connectivity index (χ3n) is 4.84. The fraction of sp³-hybridized carbons (Fsp3) is 0.933. The van der Waals surface area contributed by atoms with E-state index in [1.165, 1.54) is 12.8 Å². The lowest BCUT2D eigenvalue weighted by Gasteiger charge is -2.60. The third-order valence-corrected chi connectivity index (χ3v) is 4.84. The molecule has 0 aromatic rings. The maximum Gasteiger partial charge on any atom is 0.191 e. The van der Waals surface area contributed by atoms with Gasteiger partial charge in [0.25, 0.3) is 0 Å². The Hall–Kier alpha value is -0.0400. The molecule has 0 amide bonds. The maximum absolute atomic E-state index is 5.94. The first-order chi connectivity index (χ1) is 9.00. The number of ether oxygens (including phenoxy) is 1. The van der Waals surface area contributed by atoms with E-state index in [-0.39, 0.29) is 29.4 Å². The van der Waals surface area contributed by atoms with Crippen molar-refractivity contribution >= 4 is 29.9 Å². The summed E-state index contributed by atoms with van der Waals surface area (Å²) in [5.74, 6) is 1.57. The number of rotatable bonds is 3. The van der Waals surface area contributed by atoms with E-state index in [1.807, 2.05) is 7.05 Å². The Labute approximate surface area is 140 Å². The summed E-state index contributed by atoms with van der Waals surface area (Å²) < 4.78 is 5.94. The number of nitrogens with one attached hydrogen (secondary N) is 2. The van der Waals surface area contributed by atoms with Crippen LogP contribution in [0.3, 0.4) is 0 Å². The number of guanidine groups is 1. The second-order valence-electron chi connectivity index (χ2n) is 6.57. The van der Waals surface area contributed by atoms with E-state index in [4.69, 9.17) is 4.74 Å². The molecule has 1 aliphatic heterocycles. The van der Waals surface area contributed by atoms with Crippen LogP contribution in [0.25, 0.3) is 0 Å². The van der Waals surface area contributed by atoms with Gasteiger partial charge in [0.05, 0.1) is 6.10 Å². The molecule has 4 nitrogen and oxygen atoms in total. The Morgan fingerprint density at radius 3 is 2.75 bits per heavy atom. The molecule has 0 aromatic carbocycles. The van der Waals surface area contributed by atoms with Crippen LogP contribution in [0.2, 0.25) is 0 Å². The SMILES string of the molecule is CCC(C)NC(=NC)NC1C2CCCOC2C1(C)C.I. The minimum atomic E-state index is 0. The van der Waals surface area contributed by atoms with Crippen LogP contribution in [0.4, 0.5) is 0 Å². The Bertz CT molecular complexity index is 346. The van der Waals surface area contributed by atoms with Crippen molar-refractivity contribution in [1.82, 2.24) is 10.6 Å². The van der Waals surface area contributed by atoms with Gasteiger partial charge in [-0.1, -0.05) is 20.8 Å². The summed E-state index contributed by atoms with van der Waals surface area (Å²) in [5.41, 5.74) is 0.193. The molecule has 2 fully saturated rings. The van der Waals surface area contributed by atoms with Crippen molar-refractivity contribution in [2.24, 2.45) is 16.3 Å². The zero-order valence-corrected chi connectivity index (χ0v) is 15.7. The van der Waals surface area contributed by atoms with Gasteiger partial charge in [0.1, 0.15) is 0 Å². The zero-order chi connectivity index (χ0) is 14.0. The molecule has 1 saturated heterocycles. The predicted molar refractivity (Wildman–Crippen MR) is 94.8 cm³/mol. The zero-order valence-electron chi connectivity index (χ0n) is 13.4. The molecule has 0 aromatic heterocycles. The van der Waals surface area contributed by atoms with Crippen molar-refractivity contribution in [3.63, 3.8) is 0 Å². The number of aliphatic imine (C=N–C) groups is 1. The van der Waals surface area contributed by atoms with Gasteiger partial charge in [-0.05, 0) is 26.2 Å². The molecule has 1 heterocycles. The van der Waals surface area contributed by atoms with Crippen LogP contribution in [0.1, 0.15) is 47.0 Å². The minimum Gasteiger partial charge on any atom is -0.377 e. The standard InChI is InChI=1S/C15H29N3O.HI/c1-6-10(2)17-14(16-5)18-12-11-8-7-9-19-13(11)15(12,3)4;/h10-13H,6-9H2,1-5H3,(H2,16,17,18);1H. The van der Waals surface area contributed by atoms with Crippen LogP contribution < -0.4 is 10.6 Å². The molecule has 2 N–H and O–H groups in total. The van der Waals surface area contributed by atoms with Crippen molar-refractivity contribution in [2.45, 2.75) is 65.1 Å². The molecule has 118 valence electrons. The molecule has 2 rings (SSSR count). The molecule has 1 aliphatic carbocycles. The largest absolute Gasteiger partial charge is 0.377 e. The Balaban J connectivity index is 0.00000200. The number of halogens is 1. The normalized spacial score (nSPS) is 33.2. The topological polar surface area (TPSA) is 45.7 Å². The summed E-state index contributed by atoms with van der Waals surface area (Å²) in [6, 6.07) is 0.917. The quantitative estimate of drug-likeness (QED) is 0.439. The van der Waals surface area contributed by atoms with Crippen LogP contribution in [-0.4, -0.2) is 37.8 Å². The lowest BCUT2D eigenvalue weighted by atomic mass is 9.55. The van der Waals surface area contributed by atoms with Gasteiger partial charge >= 0.3 is 0 Å². The second-order valence-corrected chi connectivity index (χ2v) is 6.57. The molecule has 0 bridgehead atoms. The summed E-state index contributed by atoms with van der Waals surface area (Å²) in [4.78, 5) is 4.35. The highest BCUT2D eigenvalue weighted by Crippen LogP contribution is 2.51. The van der Waals surface area contributed by atoms with Crippen LogP contribution in [0, 0.1) is 11.3 Å². The maximum atomic E-state index is 5.94. The molecule has 4 unspecified atom stereocenters. The highest BCUT2D eigenvalue weighted by molar-refractivity contribution is 14.0. The first kappa shape index (κ1) is 18.0. The number of nitrogens with zero attached hydrogens (tertiary/aromatic N) is 1. The van der Waals surface area contributed by atoms with Crippen molar-refractivity contribution < 1.29 is 4.74 Å². The fourth-order valence-electron chi connectivity index (χ4n) is 3.47. The summed E-state index contributed by atoms with van der Waals surface area (Å²) in [5, 5.41) is 7.06. The monoisotopic (exact) mass is 395 g/mol. The Kier molecular flexibility index (Phi) is 6.57. The van der Waals surface area contributed by atoms with Gasteiger partial charge in [0, 0.05) is 37.1 Å². The van der Waals surface area contributed by atoms with Crippen LogP contribution in [0.5, 0.6) is 0 Å². The third kappa shape index (κ3) is 3.40. The highest BCUT2D eigenvalue weighted by atomic mass is 127. The fourth-order valence-corrected chi connectivity index (χ4v) is 3.47. The van der Waals surface area contributed by atoms with Gasteiger partial charge in [-0.25, -0.2) is 0 Å². The van der Waals surface area contributed by atoms with Gasteiger partial charge in [-0.3, -0.25) is 4.99 Å². The van der Waals surface area contributed by atoms with Crippen LogP contribution >= 0.6 is 24.0 Å². The van der Waals surface area contributed by atoms with Gasteiger partial charge in [-0.15, -0.1) is 24.0 Å². The van der Waals surface area contributed by atoms with Crippen molar-refractivity contribution in [3.05, 3.63) is 0 Å². The first-order valence-electron chi connectivity index (χ1n) is 7.62. The lowest BCUT2D eigenvalue weighted by Crippen LogP contribution is -2.71. The first-order valence-corrected chi connectivity index (χ1v) is 7.62. The van der Waals surface area contributed by atoms with E-state index in [2.05, 4.69) is 43.3 Å². The van der Waals surface area contributed by atoms with E-state index >= 15 is 0 Å².